The predicted octanol–water partition coefficient (Wildman–Crippen LogP) is 0.532. The summed E-state index contributed by atoms with van der Waals surface area (Å²) in [6.07, 6.45) is 0.581. The minimum Gasteiger partial charge on any atom is -0.497 e. The number of rotatable bonds is 8. The van der Waals surface area contributed by atoms with E-state index in [1.165, 1.54) is 14.2 Å². The molecule has 0 bridgehead atoms. The number of urea groups is 1. The van der Waals surface area contributed by atoms with Crippen LogP contribution in [-0.2, 0) is 24.7 Å². The van der Waals surface area contributed by atoms with Gasteiger partial charge in [-0.1, -0.05) is 12.1 Å². The number of nitrogens with zero attached hydrogens (tertiary/aromatic N) is 1. The molecule has 9 heteroatoms. The van der Waals surface area contributed by atoms with E-state index in [-0.39, 0.29) is 18.9 Å². The van der Waals surface area contributed by atoms with Gasteiger partial charge in [0, 0.05) is 13.0 Å². The lowest BCUT2D eigenvalue weighted by Gasteiger charge is -2.22. The Morgan fingerprint density at radius 3 is 2.44 bits per heavy atom. The highest BCUT2D eigenvalue weighted by Gasteiger charge is 2.49. The van der Waals surface area contributed by atoms with E-state index in [9.17, 15) is 19.2 Å². The second-order valence-electron chi connectivity index (χ2n) is 6.20. The molecule has 1 aromatic carbocycles. The summed E-state index contributed by atoms with van der Waals surface area (Å²) in [5, 5.41) is 5.21. The lowest BCUT2D eigenvalue weighted by molar-refractivity contribution is -0.140. The Hall–Kier alpha value is -3.10. The van der Waals surface area contributed by atoms with Crippen molar-refractivity contribution in [2.24, 2.45) is 0 Å². The maximum atomic E-state index is 12.8. The second-order valence-corrected chi connectivity index (χ2v) is 6.20. The number of imide groups is 1. The van der Waals surface area contributed by atoms with Crippen molar-refractivity contribution >= 4 is 23.8 Å². The molecule has 1 aromatic rings. The number of hydrogen-bond donors (Lipinski definition) is 2. The largest absolute Gasteiger partial charge is 0.497 e. The van der Waals surface area contributed by atoms with Crippen molar-refractivity contribution in [3.63, 3.8) is 0 Å². The zero-order valence-electron chi connectivity index (χ0n) is 15.5. The third-order valence-electron chi connectivity index (χ3n) is 4.35. The van der Waals surface area contributed by atoms with Gasteiger partial charge in [0.15, 0.2) is 0 Å². The second kappa shape index (κ2) is 8.52. The Morgan fingerprint density at radius 2 is 1.85 bits per heavy atom. The lowest BCUT2D eigenvalue weighted by atomic mass is 9.92. The molecule has 1 saturated heterocycles. The van der Waals surface area contributed by atoms with Gasteiger partial charge in [0.25, 0.3) is 5.91 Å². The van der Waals surface area contributed by atoms with Crippen LogP contribution in [0.4, 0.5) is 4.79 Å². The minimum absolute atomic E-state index is 0.176. The van der Waals surface area contributed by atoms with Gasteiger partial charge < -0.3 is 20.1 Å². The number of ether oxygens (including phenoxy) is 2. The van der Waals surface area contributed by atoms with Crippen LogP contribution in [0, 0.1) is 0 Å². The zero-order chi connectivity index (χ0) is 20.0. The van der Waals surface area contributed by atoms with E-state index < -0.39 is 29.9 Å². The zero-order valence-corrected chi connectivity index (χ0v) is 15.5. The van der Waals surface area contributed by atoms with Crippen LogP contribution in [0.25, 0.3) is 0 Å². The molecule has 1 atom stereocenters. The summed E-state index contributed by atoms with van der Waals surface area (Å²) in [7, 11) is 2.82. The Bertz CT molecular complexity index is 733. The molecule has 1 fully saturated rings. The quantitative estimate of drug-likeness (QED) is 0.388. The summed E-state index contributed by atoms with van der Waals surface area (Å²) < 4.78 is 9.60. The van der Waals surface area contributed by atoms with E-state index in [0.717, 1.165) is 4.90 Å². The van der Waals surface area contributed by atoms with E-state index in [0.29, 0.717) is 17.7 Å². The summed E-state index contributed by atoms with van der Waals surface area (Å²) >= 11 is 0. The number of benzene rings is 1. The first kappa shape index (κ1) is 20.2. The summed E-state index contributed by atoms with van der Waals surface area (Å²) in [4.78, 5) is 48.9. The third-order valence-corrected chi connectivity index (χ3v) is 4.35. The molecule has 0 aromatic heterocycles. The van der Waals surface area contributed by atoms with E-state index in [4.69, 9.17) is 4.74 Å². The molecule has 27 heavy (non-hydrogen) atoms. The van der Waals surface area contributed by atoms with Gasteiger partial charge in [-0.2, -0.15) is 0 Å². The summed E-state index contributed by atoms with van der Waals surface area (Å²) in [5.41, 5.74) is -0.670. The number of carbonyl (C=O) groups excluding carboxylic acids is 4. The average molecular weight is 377 g/mol. The van der Waals surface area contributed by atoms with Crippen molar-refractivity contribution in [3.05, 3.63) is 29.8 Å². The van der Waals surface area contributed by atoms with Crippen LogP contribution in [-0.4, -0.2) is 56.0 Å². The van der Waals surface area contributed by atoms with Crippen LogP contribution in [0.1, 0.15) is 25.3 Å². The van der Waals surface area contributed by atoms with Crippen LogP contribution in [0.15, 0.2) is 24.3 Å². The fourth-order valence-corrected chi connectivity index (χ4v) is 2.72. The first-order valence-corrected chi connectivity index (χ1v) is 8.44. The van der Waals surface area contributed by atoms with Crippen LogP contribution in [0.5, 0.6) is 5.75 Å². The molecule has 146 valence electrons. The number of methoxy groups -OCH3 is 2. The molecule has 2 rings (SSSR count). The monoisotopic (exact) mass is 377 g/mol. The Labute approximate surface area is 157 Å². The lowest BCUT2D eigenvalue weighted by Crippen LogP contribution is -2.43. The van der Waals surface area contributed by atoms with Crippen molar-refractivity contribution in [2.45, 2.75) is 25.3 Å². The maximum Gasteiger partial charge on any atom is 0.325 e. The standard InChI is InChI=1S/C18H23N3O6/c1-18(12-6-8-13(26-2)9-7-12)16(24)21(17(25)20-18)11-14(22)19-10-4-5-15(23)27-3/h6-9H,4-5,10-11H2,1-3H3,(H,19,22)(H,20,25)/t18-/m0/s1. The van der Waals surface area contributed by atoms with E-state index in [1.54, 1.807) is 31.2 Å². The number of amides is 4. The molecule has 9 nitrogen and oxygen atoms in total. The van der Waals surface area contributed by atoms with Gasteiger partial charge in [0.05, 0.1) is 14.2 Å². The summed E-state index contributed by atoms with van der Waals surface area (Å²) in [6.45, 7) is 1.44. The summed E-state index contributed by atoms with van der Waals surface area (Å²) in [6, 6.07) is 6.12. The number of esters is 1. The van der Waals surface area contributed by atoms with Gasteiger partial charge in [-0.3, -0.25) is 19.3 Å². The van der Waals surface area contributed by atoms with Crippen molar-refractivity contribution in [1.29, 1.82) is 0 Å². The molecule has 0 aliphatic carbocycles. The minimum atomic E-state index is -1.26. The topological polar surface area (TPSA) is 114 Å². The average Bonchev–Trinajstić information content (AvgIpc) is 2.89. The number of carbonyl (C=O) groups is 4. The molecule has 1 aliphatic heterocycles. The van der Waals surface area contributed by atoms with E-state index in [1.807, 2.05) is 0 Å². The van der Waals surface area contributed by atoms with Gasteiger partial charge in [-0.15, -0.1) is 0 Å². The highest BCUT2D eigenvalue weighted by molar-refractivity contribution is 6.09. The highest BCUT2D eigenvalue weighted by atomic mass is 16.5. The van der Waals surface area contributed by atoms with Crippen LogP contribution in [0.3, 0.4) is 0 Å². The molecular formula is C18H23N3O6. The van der Waals surface area contributed by atoms with Crippen molar-refractivity contribution in [2.75, 3.05) is 27.3 Å². The van der Waals surface area contributed by atoms with Crippen molar-refractivity contribution in [3.8, 4) is 5.75 Å². The molecule has 0 saturated carbocycles. The molecule has 0 radical (unpaired) electrons. The first-order valence-electron chi connectivity index (χ1n) is 8.44. The number of hydrogen-bond acceptors (Lipinski definition) is 6. The molecule has 0 spiro atoms. The normalized spacial score (nSPS) is 18.9. The fraction of sp³-hybridized carbons (Fsp3) is 0.444. The summed E-state index contributed by atoms with van der Waals surface area (Å²) in [5.74, 6) is -0.736. The number of nitrogens with one attached hydrogen (secondary N) is 2. The Morgan fingerprint density at radius 1 is 1.19 bits per heavy atom. The van der Waals surface area contributed by atoms with Crippen LogP contribution >= 0.6 is 0 Å². The molecule has 4 amide bonds. The van der Waals surface area contributed by atoms with Crippen LogP contribution < -0.4 is 15.4 Å². The fourth-order valence-electron chi connectivity index (χ4n) is 2.72. The van der Waals surface area contributed by atoms with Gasteiger partial charge in [-0.05, 0) is 31.0 Å². The first-order chi connectivity index (χ1) is 12.8. The smallest absolute Gasteiger partial charge is 0.325 e. The SMILES string of the molecule is COC(=O)CCCNC(=O)CN1C(=O)N[C@@](C)(c2ccc(OC)cc2)C1=O. The molecular weight excluding hydrogens is 354 g/mol. The van der Waals surface area contributed by atoms with Crippen molar-refractivity contribution < 1.29 is 28.7 Å². The molecule has 0 unspecified atom stereocenters. The van der Waals surface area contributed by atoms with Gasteiger partial charge in [0.1, 0.15) is 17.8 Å². The highest BCUT2D eigenvalue weighted by Crippen LogP contribution is 2.29. The molecule has 1 heterocycles. The third kappa shape index (κ3) is 4.55. The molecule has 2 N–H and O–H groups in total. The molecule has 1 aliphatic rings. The van der Waals surface area contributed by atoms with E-state index >= 15 is 0 Å². The Kier molecular flexibility index (Phi) is 6.38. The van der Waals surface area contributed by atoms with Gasteiger partial charge >= 0.3 is 12.0 Å². The maximum absolute atomic E-state index is 12.8. The van der Waals surface area contributed by atoms with Crippen molar-refractivity contribution in [1.82, 2.24) is 15.5 Å². The Balaban J connectivity index is 1.96. The van der Waals surface area contributed by atoms with Gasteiger partial charge in [-0.25, -0.2) is 4.79 Å². The predicted molar refractivity (Wildman–Crippen MR) is 94.9 cm³/mol. The van der Waals surface area contributed by atoms with Crippen LogP contribution in [0.2, 0.25) is 0 Å². The van der Waals surface area contributed by atoms with Gasteiger partial charge in [0.2, 0.25) is 5.91 Å². The van der Waals surface area contributed by atoms with E-state index in [2.05, 4.69) is 15.4 Å².